The van der Waals surface area contributed by atoms with Gasteiger partial charge >= 0.3 is 0 Å². The fraction of sp³-hybridized carbons (Fsp3) is 1.00. The molecule has 2 heterocycles. The van der Waals surface area contributed by atoms with Gasteiger partial charge in [0.15, 0.2) is 12.6 Å². The van der Waals surface area contributed by atoms with Gasteiger partial charge in [-0.2, -0.15) is 0 Å². The van der Waals surface area contributed by atoms with E-state index in [0.29, 0.717) is 19.5 Å². The fourth-order valence-corrected chi connectivity index (χ4v) is 5.71. The zero-order chi connectivity index (χ0) is 31.2. The molecule has 0 spiro atoms. The number of aliphatic hydroxyl groups is 7. The molecule has 0 amide bonds. The Morgan fingerprint density at radius 3 is 2.31 bits per heavy atom. The molecule has 15 unspecified atom stereocenters. The van der Waals surface area contributed by atoms with Crippen molar-refractivity contribution >= 4 is 0 Å². The summed E-state index contributed by atoms with van der Waals surface area (Å²) in [5.74, 6) is 0. The van der Waals surface area contributed by atoms with E-state index in [9.17, 15) is 35.7 Å². The normalized spacial score (nSPS) is 45.6. The van der Waals surface area contributed by atoms with Crippen molar-refractivity contribution in [1.29, 1.82) is 0 Å². The maximum Gasteiger partial charge on any atom is 0.187 e. The van der Waals surface area contributed by atoms with Gasteiger partial charge in [0.25, 0.3) is 0 Å². The first-order valence-electron chi connectivity index (χ1n) is 14.5. The molecule has 0 aromatic carbocycles. The molecule has 3 aliphatic rings. The Morgan fingerprint density at radius 1 is 0.976 bits per heavy atom. The van der Waals surface area contributed by atoms with Crippen LogP contribution < -0.4 is 33.2 Å². The Hall–Kier alpha value is -0.680. The molecule has 1 aliphatic carbocycles. The average molecular weight is 613 g/mol. The largest absolute Gasteiger partial charge is 0.390 e. The molecule has 3 fully saturated rings. The van der Waals surface area contributed by atoms with Crippen LogP contribution in [-0.4, -0.2) is 173 Å². The maximum absolute atomic E-state index is 11.5. The van der Waals surface area contributed by atoms with E-state index in [4.69, 9.17) is 36.1 Å². The van der Waals surface area contributed by atoms with Crippen LogP contribution >= 0.6 is 0 Å². The fourth-order valence-electron chi connectivity index (χ4n) is 5.71. The van der Waals surface area contributed by atoms with Crippen LogP contribution in [-0.2, 0) is 18.9 Å². The van der Waals surface area contributed by atoms with Crippen molar-refractivity contribution in [2.75, 3.05) is 46.4 Å². The van der Waals surface area contributed by atoms with E-state index in [-0.39, 0.29) is 32.7 Å². The third kappa shape index (κ3) is 8.52. The van der Waals surface area contributed by atoms with Crippen LogP contribution in [0.15, 0.2) is 0 Å². The summed E-state index contributed by atoms with van der Waals surface area (Å²) < 4.78 is 23.5. The molecule has 0 aromatic heterocycles. The van der Waals surface area contributed by atoms with Gasteiger partial charge in [-0.15, -0.1) is 0 Å². The highest BCUT2D eigenvalue weighted by Gasteiger charge is 2.52. The molecule has 0 radical (unpaired) electrons. The summed E-state index contributed by atoms with van der Waals surface area (Å²) in [6.07, 6.45) is -13.5. The average Bonchev–Trinajstić information content (AvgIpc) is 2.95. The number of hydrogen-bond acceptors (Lipinski definition) is 17. The smallest absolute Gasteiger partial charge is 0.187 e. The highest BCUT2D eigenvalue weighted by atomic mass is 16.7. The van der Waals surface area contributed by atoms with Crippen molar-refractivity contribution in [3.63, 3.8) is 0 Å². The van der Waals surface area contributed by atoms with E-state index >= 15 is 0 Å². The van der Waals surface area contributed by atoms with E-state index < -0.39 is 91.2 Å². The summed E-state index contributed by atoms with van der Waals surface area (Å²) in [7, 11) is 1.57. The van der Waals surface area contributed by atoms with Crippen LogP contribution in [0.2, 0.25) is 0 Å². The van der Waals surface area contributed by atoms with Crippen molar-refractivity contribution in [2.45, 2.75) is 111 Å². The Labute approximate surface area is 245 Å². The SMILES string of the molecule is CNC1C(O)C(OC2C(NCC(O)CN)CC(N)C(OC3OC(CNCCCN)C(O)C(O)C3O)C2O)OCC1(C)O. The Kier molecular flexibility index (Phi) is 13.7. The van der Waals surface area contributed by atoms with Crippen molar-refractivity contribution in [3.8, 4) is 0 Å². The molecule has 2 aliphatic heterocycles. The van der Waals surface area contributed by atoms with Gasteiger partial charge in [0.05, 0.1) is 18.8 Å². The summed E-state index contributed by atoms with van der Waals surface area (Å²) in [5.41, 5.74) is 16.0. The standard InChI is InChI=1S/C25H52N6O11/c1-25(38)10-39-23(19(37)22(25)29-2)42-21-13(31-8-11(32)7-27)6-12(28)20(18(21)36)41-24-17(35)16(34)15(33)14(40-24)9-30-5-3-4-26/h11-24,29-38H,3-10,26-28H2,1-2H3. The van der Waals surface area contributed by atoms with E-state index in [1.54, 1.807) is 7.05 Å². The van der Waals surface area contributed by atoms with Gasteiger partial charge < -0.3 is 87.8 Å². The molecular formula is C25H52N6O11. The number of nitrogens with two attached hydrogens (primary N) is 3. The second-order valence-corrected chi connectivity index (χ2v) is 11.7. The first-order valence-corrected chi connectivity index (χ1v) is 14.5. The minimum absolute atomic E-state index is 0.0116. The van der Waals surface area contributed by atoms with Gasteiger partial charge in [0.2, 0.25) is 0 Å². The quantitative estimate of drug-likeness (QED) is 0.0811. The highest BCUT2D eigenvalue weighted by molar-refractivity contribution is 5.03. The number of likely N-dealkylation sites (N-methyl/N-ethyl adjacent to an activating group) is 1. The lowest BCUT2D eigenvalue weighted by atomic mass is 9.83. The van der Waals surface area contributed by atoms with E-state index in [2.05, 4.69) is 16.0 Å². The van der Waals surface area contributed by atoms with Gasteiger partial charge in [0, 0.05) is 31.7 Å². The molecule has 17 heteroatoms. The Morgan fingerprint density at radius 2 is 1.67 bits per heavy atom. The second kappa shape index (κ2) is 16.1. The lowest BCUT2D eigenvalue weighted by Crippen LogP contribution is -2.69. The summed E-state index contributed by atoms with van der Waals surface area (Å²) >= 11 is 0. The summed E-state index contributed by atoms with van der Waals surface area (Å²) in [5, 5.41) is 83.6. The number of hydrogen-bond donors (Lipinski definition) is 13. The van der Waals surface area contributed by atoms with Crippen molar-refractivity contribution in [1.82, 2.24) is 16.0 Å². The van der Waals surface area contributed by atoms with Crippen molar-refractivity contribution in [3.05, 3.63) is 0 Å². The zero-order valence-electron chi connectivity index (χ0n) is 24.2. The van der Waals surface area contributed by atoms with Gasteiger partial charge in [-0.1, -0.05) is 0 Å². The number of ether oxygens (including phenoxy) is 4. The molecule has 16 N–H and O–H groups in total. The second-order valence-electron chi connectivity index (χ2n) is 11.7. The summed E-state index contributed by atoms with van der Waals surface area (Å²) in [6.45, 7) is 2.53. The van der Waals surface area contributed by atoms with E-state index in [1.165, 1.54) is 6.92 Å². The van der Waals surface area contributed by atoms with Crippen molar-refractivity contribution in [2.24, 2.45) is 17.2 Å². The monoisotopic (exact) mass is 612 g/mol. The number of rotatable bonds is 14. The van der Waals surface area contributed by atoms with Gasteiger partial charge in [0.1, 0.15) is 54.4 Å². The van der Waals surface area contributed by atoms with Gasteiger partial charge in [-0.25, -0.2) is 0 Å². The van der Waals surface area contributed by atoms with Crippen LogP contribution in [0, 0.1) is 0 Å². The van der Waals surface area contributed by atoms with Crippen LogP contribution in [0.5, 0.6) is 0 Å². The molecular weight excluding hydrogens is 560 g/mol. The lowest BCUT2D eigenvalue weighted by molar-refractivity contribution is -0.331. The predicted octanol–water partition coefficient (Wildman–Crippen LogP) is -7.07. The topological polar surface area (TPSA) is 293 Å². The van der Waals surface area contributed by atoms with E-state index in [0.717, 1.165) is 0 Å². The maximum atomic E-state index is 11.5. The first kappa shape index (κ1) is 35.8. The first-order chi connectivity index (χ1) is 19.9. The Bertz CT molecular complexity index is 806. The van der Waals surface area contributed by atoms with Crippen molar-refractivity contribution < 1.29 is 54.7 Å². The summed E-state index contributed by atoms with van der Waals surface area (Å²) in [4.78, 5) is 0. The van der Waals surface area contributed by atoms with Gasteiger partial charge in [-0.05, 0) is 39.9 Å². The van der Waals surface area contributed by atoms with Gasteiger partial charge in [-0.3, -0.25) is 0 Å². The van der Waals surface area contributed by atoms with Crippen LogP contribution in [0.3, 0.4) is 0 Å². The van der Waals surface area contributed by atoms with Crippen LogP contribution in [0.4, 0.5) is 0 Å². The molecule has 1 saturated carbocycles. The highest BCUT2D eigenvalue weighted by Crippen LogP contribution is 2.32. The number of aliphatic hydroxyl groups excluding tert-OH is 6. The predicted molar refractivity (Wildman–Crippen MR) is 148 cm³/mol. The third-order valence-electron chi connectivity index (χ3n) is 8.20. The van der Waals surface area contributed by atoms with E-state index in [1.807, 2.05) is 0 Å². The molecule has 248 valence electrons. The molecule has 42 heavy (non-hydrogen) atoms. The molecule has 3 rings (SSSR count). The molecule has 0 aromatic rings. The van der Waals surface area contributed by atoms with Crippen LogP contribution in [0.25, 0.3) is 0 Å². The third-order valence-corrected chi connectivity index (χ3v) is 8.20. The zero-order valence-corrected chi connectivity index (χ0v) is 24.2. The number of nitrogens with one attached hydrogen (secondary N) is 3. The minimum atomic E-state index is -1.66. The molecule has 17 nitrogen and oxygen atoms in total. The molecule has 15 atom stereocenters. The lowest BCUT2D eigenvalue weighted by Gasteiger charge is -2.49. The van der Waals surface area contributed by atoms with Crippen LogP contribution in [0.1, 0.15) is 19.8 Å². The Balaban J connectivity index is 1.77. The molecule has 0 bridgehead atoms. The minimum Gasteiger partial charge on any atom is -0.390 e. The summed E-state index contributed by atoms with van der Waals surface area (Å²) in [6, 6.07) is -2.31. The molecule has 2 saturated heterocycles.